The maximum Gasteiger partial charge on any atom is 0.179 e. The van der Waals surface area contributed by atoms with Crippen molar-refractivity contribution in [2.75, 3.05) is 30.5 Å². The van der Waals surface area contributed by atoms with Crippen molar-refractivity contribution in [3.05, 3.63) is 53.6 Å². The van der Waals surface area contributed by atoms with E-state index in [1.807, 2.05) is 62.3 Å². The summed E-state index contributed by atoms with van der Waals surface area (Å²) in [6.45, 7) is 4.08. The Morgan fingerprint density at radius 2 is 1.90 bits per heavy atom. The number of anilines is 2. The predicted octanol–water partition coefficient (Wildman–Crippen LogP) is 4.20. The summed E-state index contributed by atoms with van der Waals surface area (Å²) in [6, 6.07) is 12.9. The van der Waals surface area contributed by atoms with Gasteiger partial charge in [-0.15, -0.1) is 0 Å². The van der Waals surface area contributed by atoms with Crippen molar-refractivity contribution < 1.29 is 13.5 Å². The number of nitrogen functional groups attached to an aromatic ring is 1. The molecule has 0 amide bonds. The van der Waals surface area contributed by atoms with E-state index in [1.54, 1.807) is 6.07 Å². The van der Waals surface area contributed by atoms with Gasteiger partial charge in [-0.25, -0.2) is 8.42 Å². The molecule has 3 N–H and O–H groups in total. The van der Waals surface area contributed by atoms with Gasteiger partial charge in [0.15, 0.2) is 9.84 Å². The molecule has 3 rings (SSSR count). The van der Waals surface area contributed by atoms with Crippen LogP contribution >= 0.6 is 0 Å². The van der Waals surface area contributed by atoms with Crippen LogP contribution in [0, 0.1) is 5.41 Å². The summed E-state index contributed by atoms with van der Waals surface area (Å²) < 4.78 is 27.1. The van der Waals surface area contributed by atoms with Crippen LogP contribution in [0.1, 0.15) is 56.6 Å². The molecule has 2 unspecified atom stereocenters. The van der Waals surface area contributed by atoms with Gasteiger partial charge in [0.25, 0.3) is 0 Å². The van der Waals surface area contributed by atoms with Crippen LogP contribution in [0.2, 0.25) is 0 Å². The van der Waals surface area contributed by atoms with Crippen molar-refractivity contribution in [3.63, 3.8) is 0 Å². The van der Waals surface area contributed by atoms with Crippen LogP contribution in [0.4, 0.5) is 11.4 Å². The first-order chi connectivity index (χ1) is 14.1. The molecule has 0 aliphatic carbocycles. The number of aliphatic hydroxyl groups excluding tert-OH is 1. The molecule has 0 saturated carbocycles. The number of aliphatic hydroxyl groups is 1. The Morgan fingerprint density at radius 3 is 2.50 bits per heavy atom. The molecule has 1 aliphatic heterocycles. The smallest absolute Gasteiger partial charge is 0.179 e. The third-order valence-electron chi connectivity index (χ3n) is 6.60. The summed E-state index contributed by atoms with van der Waals surface area (Å²) in [5.74, 6) is -0.498. The van der Waals surface area contributed by atoms with Crippen LogP contribution < -0.4 is 10.6 Å². The molecule has 0 aromatic heterocycles. The number of unbranched alkanes of at least 4 members (excludes halogenated alkanes) is 1. The molecule has 30 heavy (non-hydrogen) atoms. The first-order valence-electron chi connectivity index (χ1n) is 10.7. The first-order valence-corrected chi connectivity index (χ1v) is 12.4. The highest BCUT2D eigenvalue weighted by molar-refractivity contribution is 7.91. The van der Waals surface area contributed by atoms with Crippen molar-refractivity contribution >= 4 is 21.2 Å². The molecule has 2 aromatic rings. The van der Waals surface area contributed by atoms with E-state index in [2.05, 4.69) is 6.92 Å². The minimum atomic E-state index is -3.56. The second kappa shape index (κ2) is 8.60. The molecule has 0 spiro atoms. The molecule has 0 bridgehead atoms. The Bertz CT molecular complexity index is 1000. The zero-order valence-corrected chi connectivity index (χ0v) is 19.2. The number of hydrogen-bond donors (Lipinski definition) is 2. The molecule has 0 radical (unpaired) electrons. The SMILES string of the molecule is CCCC[C@@]1(CC)CS(=O)(=O)c2ccc(N(C)C)cc2C(c2cccc(N)c2)C1O. The van der Waals surface area contributed by atoms with E-state index in [9.17, 15) is 13.5 Å². The molecule has 0 fully saturated rings. The van der Waals surface area contributed by atoms with E-state index in [4.69, 9.17) is 5.73 Å². The summed E-state index contributed by atoms with van der Waals surface area (Å²) >= 11 is 0. The van der Waals surface area contributed by atoms with Crippen molar-refractivity contribution in [3.8, 4) is 0 Å². The Kier molecular flexibility index (Phi) is 6.48. The highest BCUT2D eigenvalue weighted by atomic mass is 32.2. The lowest BCUT2D eigenvalue weighted by Gasteiger charge is -2.39. The van der Waals surface area contributed by atoms with Crippen LogP contribution in [0.3, 0.4) is 0 Å². The maximum absolute atomic E-state index is 13.6. The summed E-state index contributed by atoms with van der Waals surface area (Å²) in [7, 11) is 0.289. The summed E-state index contributed by atoms with van der Waals surface area (Å²) in [6.07, 6.45) is 2.27. The molecular weight excluding hydrogens is 396 g/mol. The van der Waals surface area contributed by atoms with E-state index in [0.29, 0.717) is 29.0 Å². The minimum absolute atomic E-state index is 0.0369. The molecule has 3 atom stereocenters. The van der Waals surface area contributed by atoms with Gasteiger partial charge in [0, 0.05) is 36.8 Å². The van der Waals surface area contributed by atoms with Crippen molar-refractivity contribution in [1.29, 1.82) is 0 Å². The number of fused-ring (bicyclic) bond motifs is 1. The number of rotatable bonds is 6. The molecule has 1 aliphatic rings. The topological polar surface area (TPSA) is 83.6 Å². The number of nitrogens with two attached hydrogens (primary N) is 1. The van der Waals surface area contributed by atoms with Gasteiger partial charge in [-0.05, 0) is 54.3 Å². The lowest BCUT2D eigenvalue weighted by atomic mass is 9.69. The largest absolute Gasteiger partial charge is 0.399 e. The molecular formula is C24H34N2O3S. The van der Waals surface area contributed by atoms with E-state index in [-0.39, 0.29) is 5.75 Å². The Morgan fingerprint density at radius 1 is 1.17 bits per heavy atom. The third kappa shape index (κ3) is 4.08. The van der Waals surface area contributed by atoms with Crippen molar-refractivity contribution in [2.24, 2.45) is 5.41 Å². The van der Waals surface area contributed by atoms with Gasteiger partial charge < -0.3 is 15.7 Å². The van der Waals surface area contributed by atoms with Crippen molar-refractivity contribution in [1.82, 2.24) is 0 Å². The third-order valence-corrected chi connectivity index (χ3v) is 8.60. The number of benzene rings is 2. The van der Waals surface area contributed by atoms with Gasteiger partial charge in [0.05, 0.1) is 16.8 Å². The second-order valence-corrected chi connectivity index (χ2v) is 10.7. The highest BCUT2D eigenvalue weighted by Gasteiger charge is 2.49. The molecule has 5 nitrogen and oxygen atoms in total. The second-order valence-electron chi connectivity index (χ2n) is 8.79. The maximum atomic E-state index is 13.6. The van der Waals surface area contributed by atoms with Gasteiger partial charge in [0.2, 0.25) is 0 Å². The standard InChI is InChI=1S/C24H34N2O3S/c1-5-7-13-24(6-2)16-30(28,29)21-12-11-19(26(3)4)15-20(21)22(23(24)27)17-9-8-10-18(25)14-17/h8-12,14-15,22-23,27H,5-7,13,16,25H2,1-4H3/t22?,23?,24-/m0/s1. The van der Waals surface area contributed by atoms with E-state index in [1.165, 1.54) is 0 Å². The molecule has 164 valence electrons. The highest BCUT2D eigenvalue weighted by Crippen LogP contribution is 2.49. The fraction of sp³-hybridized carbons (Fsp3) is 0.500. The van der Waals surface area contributed by atoms with E-state index in [0.717, 1.165) is 24.1 Å². The lowest BCUT2D eigenvalue weighted by molar-refractivity contribution is 0.0174. The Hall–Kier alpha value is -2.05. The normalized spacial score (nSPS) is 25.4. The number of hydrogen-bond acceptors (Lipinski definition) is 5. The van der Waals surface area contributed by atoms with Gasteiger partial charge in [-0.3, -0.25) is 0 Å². The average molecular weight is 431 g/mol. The van der Waals surface area contributed by atoms with Crippen LogP contribution in [0.25, 0.3) is 0 Å². The van der Waals surface area contributed by atoms with E-state index < -0.39 is 27.3 Å². The van der Waals surface area contributed by atoms with E-state index >= 15 is 0 Å². The minimum Gasteiger partial charge on any atom is -0.399 e. The first kappa shape index (κ1) is 22.6. The van der Waals surface area contributed by atoms with Crippen molar-refractivity contribution in [2.45, 2.75) is 56.4 Å². The summed E-state index contributed by atoms with van der Waals surface area (Å²) in [5.41, 5.74) is 8.39. The lowest BCUT2D eigenvalue weighted by Crippen LogP contribution is -2.42. The average Bonchev–Trinajstić information content (AvgIpc) is 2.77. The zero-order chi connectivity index (χ0) is 22.1. The fourth-order valence-electron chi connectivity index (χ4n) is 4.76. The van der Waals surface area contributed by atoms with Gasteiger partial charge in [-0.2, -0.15) is 0 Å². The Balaban J connectivity index is 2.32. The van der Waals surface area contributed by atoms with Crippen LogP contribution in [-0.4, -0.2) is 39.5 Å². The predicted molar refractivity (Wildman–Crippen MR) is 124 cm³/mol. The quantitative estimate of drug-likeness (QED) is 0.671. The molecule has 2 aromatic carbocycles. The number of sulfone groups is 1. The summed E-state index contributed by atoms with van der Waals surface area (Å²) in [4.78, 5) is 2.27. The molecule has 1 heterocycles. The Labute approximate surface area is 180 Å². The van der Waals surface area contributed by atoms with Crippen LogP contribution in [0.5, 0.6) is 0 Å². The van der Waals surface area contributed by atoms with Crippen LogP contribution in [0.15, 0.2) is 47.4 Å². The monoisotopic (exact) mass is 430 g/mol. The van der Waals surface area contributed by atoms with Gasteiger partial charge in [-0.1, -0.05) is 38.8 Å². The number of nitrogens with zero attached hydrogens (tertiary/aromatic N) is 1. The fourth-order valence-corrected chi connectivity index (χ4v) is 7.01. The molecule has 0 saturated heterocycles. The summed E-state index contributed by atoms with van der Waals surface area (Å²) in [5, 5.41) is 11.8. The molecule has 6 heteroatoms. The van der Waals surface area contributed by atoms with Gasteiger partial charge >= 0.3 is 0 Å². The van der Waals surface area contributed by atoms with Gasteiger partial charge in [0.1, 0.15) is 0 Å². The zero-order valence-electron chi connectivity index (χ0n) is 18.4. The van der Waals surface area contributed by atoms with Crippen LogP contribution in [-0.2, 0) is 9.84 Å².